The topological polar surface area (TPSA) is 134 Å². The molecule has 0 amide bonds. The van der Waals surface area contributed by atoms with Crippen molar-refractivity contribution in [3.05, 3.63) is 41.5 Å². The van der Waals surface area contributed by atoms with Crippen LogP contribution in [0.25, 0.3) is 32.9 Å². The molecule has 11 nitrogen and oxygen atoms in total. The number of pyridine rings is 1. The number of aryl methyl sites for hydroxylation is 1. The number of fused-ring (bicyclic) bond motifs is 3. The van der Waals surface area contributed by atoms with Crippen LogP contribution in [0.15, 0.2) is 24.3 Å². The van der Waals surface area contributed by atoms with E-state index in [0.29, 0.717) is 35.7 Å². The molecule has 2 aromatic heterocycles. The first-order chi connectivity index (χ1) is 24.4. The maximum atomic E-state index is 17.3. The van der Waals surface area contributed by atoms with E-state index < -0.39 is 35.1 Å². The number of benzene rings is 2. The number of phenols is 1. The Bertz CT molecular complexity index is 2030. The van der Waals surface area contributed by atoms with Gasteiger partial charge in [-0.25, -0.2) is 18.2 Å². The van der Waals surface area contributed by atoms with Crippen LogP contribution in [-0.4, -0.2) is 112 Å². The second kappa shape index (κ2) is 12.3. The Balaban J connectivity index is 1.32. The standard InChI is InChI=1S/C37H42F3N5O6/c1-4-24-26(39)6-5-20-9-22(47)10-25(27(20)24)30-29(40)31-28(33(41-30)49-3)32(44-13-23(14-46)50-18-35(2,48)16-44)43-34(42-31)51-19-37-11-21(38)12-45(37)17-36(15-37)7-8-36/h5-6,9-10,21,23,46-48H,4,7-8,11-19H2,1-3H3. The van der Waals surface area contributed by atoms with Gasteiger partial charge in [0.05, 0.1) is 38.5 Å². The zero-order valence-corrected chi connectivity index (χ0v) is 28.9. The molecule has 3 saturated heterocycles. The number of rotatable bonds is 8. The molecule has 4 fully saturated rings. The van der Waals surface area contributed by atoms with E-state index in [1.165, 1.54) is 31.4 Å². The van der Waals surface area contributed by atoms with Crippen molar-refractivity contribution in [3.8, 4) is 28.9 Å². The molecular weight excluding hydrogens is 667 g/mol. The first-order valence-corrected chi connectivity index (χ1v) is 17.5. The van der Waals surface area contributed by atoms with Crippen molar-refractivity contribution in [1.82, 2.24) is 19.9 Å². The molecule has 1 saturated carbocycles. The van der Waals surface area contributed by atoms with Crippen molar-refractivity contribution in [1.29, 1.82) is 0 Å². The van der Waals surface area contributed by atoms with Gasteiger partial charge in [-0.1, -0.05) is 13.0 Å². The second-order valence-electron chi connectivity index (χ2n) is 15.2. The number of anilines is 1. The lowest BCUT2D eigenvalue weighted by molar-refractivity contribution is -0.0528. The van der Waals surface area contributed by atoms with E-state index in [9.17, 15) is 19.7 Å². The van der Waals surface area contributed by atoms with Gasteiger partial charge in [-0.2, -0.15) is 9.97 Å². The minimum Gasteiger partial charge on any atom is -0.508 e. The van der Waals surface area contributed by atoms with Crippen LogP contribution in [0.2, 0.25) is 0 Å². The van der Waals surface area contributed by atoms with Crippen LogP contribution in [0.5, 0.6) is 17.6 Å². The quantitative estimate of drug-likeness (QED) is 0.235. The Morgan fingerprint density at radius 2 is 1.88 bits per heavy atom. The molecule has 4 aliphatic rings. The minimum atomic E-state index is -1.38. The van der Waals surface area contributed by atoms with Crippen molar-refractivity contribution in [2.75, 3.05) is 58.0 Å². The molecule has 0 bridgehead atoms. The summed E-state index contributed by atoms with van der Waals surface area (Å²) in [6, 6.07) is 5.47. The van der Waals surface area contributed by atoms with Crippen molar-refractivity contribution in [2.45, 2.75) is 69.4 Å². The van der Waals surface area contributed by atoms with Gasteiger partial charge >= 0.3 is 6.01 Å². The van der Waals surface area contributed by atoms with Crippen molar-refractivity contribution in [2.24, 2.45) is 5.41 Å². The van der Waals surface area contributed by atoms with Gasteiger partial charge in [-0.3, -0.25) is 4.90 Å². The highest BCUT2D eigenvalue weighted by atomic mass is 19.1. The van der Waals surface area contributed by atoms with E-state index in [2.05, 4.69) is 14.9 Å². The third kappa shape index (κ3) is 5.89. The number of aliphatic hydroxyl groups is 2. The highest BCUT2D eigenvalue weighted by Gasteiger charge is 2.62. The number of phenolic OH excluding ortho intramolecular Hbond substituents is 1. The van der Waals surface area contributed by atoms with Gasteiger partial charge in [0.15, 0.2) is 5.82 Å². The Morgan fingerprint density at radius 3 is 2.61 bits per heavy atom. The lowest BCUT2D eigenvalue weighted by Crippen LogP contribution is -2.44. The van der Waals surface area contributed by atoms with Gasteiger partial charge < -0.3 is 34.4 Å². The molecule has 1 spiro atoms. The molecule has 0 radical (unpaired) electrons. The number of aromatic nitrogens is 3. The molecule has 5 heterocycles. The zero-order chi connectivity index (χ0) is 35.9. The number of hydrogen-bond acceptors (Lipinski definition) is 11. The molecule has 1 aliphatic carbocycles. The van der Waals surface area contributed by atoms with Gasteiger partial charge in [0.1, 0.15) is 52.4 Å². The van der Waals surface area contributed by atoms with Crippen LogP contribution in [0.3, 0.4) is 0 Å². The summed E-state index contributed by atoms with van der Waals surface area (Å²) >= 11 is 0. The Hall–Kier alpha value is -3.98. The molecule has 272 valence electrons. The van der Waals surface area contributed by atoms with Crippen molar-refractivity contribution < 1.29 is 42.7 Å². The van der Waals surface area contributed by atoms with Crippen LogP contribution in [0.4, 0.5) is 19.0 Å². The fraction of sp³-hybridized carbons (Fsp3) is 0.541. The zero-order valence-electron chi connectivity index (χ0n) is 28.9. The summed E-state index contributed by atoms with van der Waals surface area (Å²) in [7, 11) is 1.36. The largest absolute Gasteiger partial charge is 0.508 e. The lowest BCUT2D eigenvalue weighted by atomic mass is 9.89. The molecule has 3 aliphatic heterocycles. The van der Waals surface area contributed by atoms with Crippen LogP contribution < -0.4 is 14.4 Å². The van der Waals surface area contributed by atoms with E-state index in [4.69, 9.17) is 19.2 Å². The molecule has 8 rings (SSSR count). The maximum absolute atomic E-state index is 17.3. The fourth-order valence-corrected chi connectivity index (χ4v) is 8.67. The van der Waals surface area contributed by atoms with Gasteiger partial charge in [-0.15, -0.1) is 0 Å². The van der Waals surface area contributed by atoms with E-state index >= 15 is 8.78 Å². The predicted molar refractivity (Wildman–Crippen MR) is 183 cm³/mol. The summed E-state index contributed by atoms with van der Waals surface area (Å²) in [5.74, 6) is -1.47. The summed E-state index contributed by atoms with van der Waals surface area (Å²) in [6.45, 7) is 4.25. The number of aromatic hydroxyl groups is 1. The SMILES string of the molecule is CCc1c(F)ccc2cc(O)cc(-c3nc(OC)c4c(N5CC(CO)OCC(C)(O)C5)nc(OCC56CC(F)CN5CC5(CC5)C6)nc4c3F)c12. The third-order valence-electron chi connectivity index (χ3n) is 11.1. The first kappa shape index (κ1) is 34.1. The van der Waals surface area contributed by atoms with Crippen molar-refractivity contribution >= 4 is 27.5 Å². The molecule has 2 aromatic carbocycles. The normalized spacial score (nSPS) is 27.3. The van der Waals surface area contributed by atoms with E-state index in [1.807, 2.05) is 0 Å². The third-order valence-corrected chi connectivity index (χ3v) is 11.1. The summed E-state index contributed by atoms with van der Waals surface area (Å²) in [5.41, 5.74) is -1.74. The fourth-order valence-electron chi connectivity index (χ4n) is 8.67. The average Bonchev–Trinajstić information content (AvgIpc) is 3.73. The number of methoxy groups -OCH3 is 1. The molecular formula is C37H42F3N5O6. The minimum absolute atomic E-state index is 0.0122. The molecule has 4 aromatic rings. The lowest BCUT2D eigenvalue weighted by Gasteiger charge is -2.32. The molecule has 14 heteroatoms. The van der Waals surface area contributed by atoms with E-state index in [0.717, 1.165) is 25.8 Å². The van der Waals surface area contributed by atoms with Gasteiger partial charge in [-0.05, 0) is 72.6 Å². The van der Waals surface area contributed by atoms with E-state index in [1.54, 1.807) is 18.7 Å². The molecule has 51 heavy (non-hydrogen) atoms. The summed E-state index contributed by atoms with van der Waals surface area (Å²) < 4.78 is 65.1. The summed E-state index contributed by atoms with van der Waals surface area (Å²) in [6.07, 6.45) is 1.89. The highest BCUT2D eigenvalue weighted by molar-refractivity contribution is 6.03. The van der Waals surface area contributed by atoms with Gasteiger partial charge in [0.2, 0.25) is 5.88 Å². The maximum Gasteiger partial charge on any atom is 0.319 e. The Kier molecular flexibility index (Phi) is 8.24. The van der Waals surface area contributed by atoms with Crippen LogP contribution in [-0.2, 0) is 11.2 Å². The van der Waals surface area contributed by atoms with Crippen LogP contribution >= 0.6 is 0 Å². The predicted octanol–water partition coefficient (Wildman–Crippen LogP) is 4.69. The monoisotopic (exact) mass is 709 g/mol. The number of hydrogen-bond donors (Lipinski definition) is 3. The number of halogens is 3. The average molecular weight is 710 g/mol. The smallest absolute Gasteiger partial charge is 0.319 e. The van der Waals surface area contributed by atoms with E-state index in [-0.39, 0.29) is 83.9 Å². The van der Waals surface area contributed by atoms with Crippen LogP contribution in [0, 0.1) is 17.0 Å². The molecule has 4 atom stereocenters. The number of aliphatic hydroxyl groups excluding tert-OH is 1. The summed E-state index contributed by atoms with van der Waals surface area (Å²) in [5, 5.41) is 33.0. The van der Waals surface area contributed by atoms with Gasteiger partial charge in [0.25, 0.3) is 0 Å². The first-order valence-electron chi connectivity index (χ1n) is 17.5. The van der Waals surface area contributed by atoms with Crippen molar-refractivity contribution in [3.63, 3.8) is 0 Å². The number of ether oxygens (including phenoxy) is 3. The molecule has 4 unspecified atom stereocenters. The molecule has 3 N–H and O–H groups in total. The number of alkyl halides is 1. The Labute approximate surface area is 293 Å². The van der Waals surface area contributed by atoms with Gasteiger partial charge in [0, 0.05) is 31.6 Å². The number of β-amino-alcohol motifs (C(OH)–C–C–N with tert-alkyl or cyclic N) is 1. The van der Waals surface area contributed by atoms with Crippen LogP contribution in [0.1, 0.15) is 45.1 Å². The highest BCUT2D eigenvalue weighted by Crippen LogP contribution is 2.61. The second-order valence-corrected chi connectivity index (χ2v) is 15.2. The Morgan fingerprint density at radius 1 is 1.08 bits per heavy atom. The number of nitrogens with zero attached hydrogens (tertiary/aromatic N) is 5. The summed E-state index contributed by atoms with van der Waals surface area (Å²) in [4.78, 5) is 17.8.